The molecule has 4 nitrogen and oxygen atoms in total. The molecular formula is C15H24O4. The largest absolute Gasteiger partial charge is 0.462 e. The van der Waals surface area contributed by atoms with Gasteiger partial charge in [-0.05, 0) is 31.1 Å². The first-order valence-electron chi connectivity index (χ1n) is 7.43. The number of rotatable bonds is 0. The van der Waals surface area contributed by atoms with Gasteiger partial charge in [0.05, 0.1) is 12.5 Å². The predicted octanol–water partition coefficient (Wildman–Crippen LogP) is 1.96. The van der Waals surface area contributed by atoms with Gasteiger partial charge in [0.25, 0.3) is 0 Å². The standard InChI is InChI=1S/C15H24O4/c1-8-6-12-10(9(2)13(16)19-12)7-15(3)11(8)4-5-18-14(15)17/h8-12,14,17H,4-7H2,1-3H3. The molecule has 0 spiro atoms. The lowest BCUT2D eigenvalue weighted by molar-refractivity contribution is -0.230. The van der Waals surface area contributed by atoms with Crippen LogP contribution in [0.4, 0.5) is 0 Å². The first-order chi connectivity index (χ1) is 8.93. The number of fused-ring (bicyclic) bond motifs is 2. The van der Waals surface area contributed by atoms with Crippen LogP contribution in [0, 0.1) is 29.1 Å². The Morgan fingerprint density at radius 3 is 2.84 bits per heavy atom. The van der Waals surface area contributed by atoms with Gasteiger partial charge in [-0.15, -0.1) is 0 Å². The van der Waals surface area contributed by atoms with E-state index in [0.717, 1.165) is 19.3 Å². The fourth-order valence-electron chi connectivity index (χ4n) is 4.61. The number of hydrogen-bond acceptors (Lipinski definition) is 4. The zero-order chi connectivity index (χ0) is 13.8. The minimum atomic E-state index is -0.713. The van der Waals surface area contributed by atoms with Crippen LogP contribution in [0.2, 0.25) is 0 Å². The van der Waals surface area contributed by atoms with Crippen molar-refractivity contribution < 1.29 is 19.4 Å². The molecule has 2 aliphatic heterocycles. The Hall–Kier alpha value is -0.610. The number of aliphatic hydroxyl groups is 1. The summed E-state index contributed by atoms with van der Waals surface area (Å²) in [5.74, 6) is 1.00. The van der Waals surface area contributed by atoms with Crippen molar-refractivity contribution in [2.45, 2.75) is 52.4 Å². The van der Waals surface area contributed by atoms with Crippen molar-refractivity contribution in [3.8, 4) is 0 Å². The third-order valence-electron chi connectivity index (χ3n) is 5.84. The van der Waals surface area contributed by atoms with Gasteiger partial charge >= 0.3 is 5.97 Å². The molecule has 3 aliphatic rings. The lowest BCUT2D eigenvalue weighted by Crippen LogP contribution is -2.48. The molecule has 0 radical (unpaired) electrons. The van der Waals surface area contributed by atoms with Gasteiger partial charge < -0.3 is 14.6 Å². The van der Waals surface area contributed by atoms with Crippen molar-refractivity contribution in [2.75, 3.05) is 6.61 Å². The van der Waals surface area contributed by atoms with Crippen LogP contribution in [0.5, 0.6) is 0 Å². The molecule has 108 valence electrons. The molecule has 2 heterocycles. The Morgan fingerprint density at radius 2 is 2.11 bits per heavy atom. The molecule has 0 aromatic carbocycles. The topological polar surface area (TPSA) is 55.8 Å². The van der Waals surface area contributed by atoms with Gasteiger partial charge in [0.15, 0.2) is 6.29 Å². The van der Waals surface area contributed by atoms with E-state index in [-0.39, 0.29) is 29.3 Å². The molecule has 1 N–H and O–H groups in total. The van der Waals surface area contributed by atoms with Crippen LogP contribution in [-0.4, -0.2) is 30.1 Å². The third-order valence-corrected chi connectivity index (χ3v) is 5.84. The van der Waals surface area contributed by atoms with Crippen LogP contribution in [0.15, 0.2) is 0 Å². The Balaban J connectivity index is 1.94. The van der Waals surface area contributed by atoms with Gasteiger partial charge in [-0.1, -0.05) is 20.8 Å². The quantitative estimate of drug-likeness (QED) is 0.682. The summed E-state index contributed by atoms with van der Waals surface area (Å²) in [5, 5.41) is 10.3. The average molecular weight is 268 g/mol. The first-order valence-corrected chi connectivity index (χ1v) is 7.43. The zero-order valence-corrected chi connectivity index (χ0v) is 12.0. The van der Waals surface area contributed by atoms with Crippen LogP contribution in [0.1, 0.15) is 40.0 Å². The van der Waals surface area contributed by atoms with Gasteiger partial charge in [0.1, 0.15) is 6.10 Å². The zero-order valence-electron chi connectivity index (χ0n) is 12.0. The molecule has 7 atom stereocenters. The second-order valence-electron chi connectivity index (χ2n) is 6.97. The number of carbonyl (C=O) groups is 1. The maximum absolute atomic E-state index is 11.8. The van der Waals surface area contributed by atoms with E-state index in [1.807, 2.05) is 6.92 Å². The summed E-state index contributed by atoms with van der Waals surface area (Å²) >= 11 is 0. The van der Waals surface area contributed by atoms with Crippen LogP contribution in [0.25, 0.3) is 0 Å². The van der Waals surface area contributed by atoms with Crippen LogP contribution >= 0.6 is 0 Å². The molecule has 19 heavy (non-hydrogen) atoms. The fraction of sp³-hybridized carbons (Fsp3) is 0.933. The smallest absolute Gasteiger partial charge is 0.309 e. The Morgan fingerprint density at radius 1 is 1.37 bits per heavy atom. The number of hydrogen-bond donors (Lipinski definition) is 1. The molecule has 3 fully saturated rings. The van der Waals surface area contributed by atoms with Crippen molar-refractivity contribution in [3.63, 3.8) is 0 Å². The summed E-state index contributed by atoms with van der Waals surface area (Å²) in [6, 6.07) is 0. The van der Waals surface area contributed by atoms with Crippen LogP contribution in [0.3, 0.4) is 0 Å². The Kier molecular flexibility index (Phi) is 3.13. The highest BCUT2D eigenvalue weighted by Crippen LogP contribution is 2.54. The Labute approximate surface area is 114 Å². The third kappa shape index (κ3) is 1.91. The normalized spacial score (nSPS) is 54.0. The summed E-state index contributed by atoms with van der Waals surface area (Å²) in [6.45, 7) is 6.93. The van der Waals surface area contributed by atoms with E-state index in [4.69, 9.17) is 9.47 Å². The Bertz CT molecular complexity index is 382. The summed E-state index contributed by atoms with van der Waals surface area (Å²) in [7, 11) is 0. The first kappa shape index (κ1) is 13.4. The molecule has 4 heteroatoms. The van der Waals surface area contributed by atoms with Gasteiger partial charge in [0, 0.05) is 11.3 Å². The lowest BCUT2D eigenvalue weighted by Gasteiger charge is -2.46. The summed E-state index contributed by atoms with van der Waals surface area (Å²) in [5.41, 5.74) is -0.251. The molecular weight excluding hydrogens is 244 g/mol. The number of carbonyl (C=O) groups excluding carboxylic acids is 1. The van der Waals surface area contributed by atoms with Gasteiger partial charge in [-0.3, -0.25) is 4.79 Å². The minimum Gasteiger partial charge on any atom is -0.462 e. The van der Waals surface area contributed by atoms with E-state index in [2.05, 4.69) is 13.8 Å². The molecule has 3 rings (SSSR count). The van der Waals surface area contributed by atoms with E-state index >= 15 is 0 Å². The van der Waals surface area contributed by atoms with Crippen molar-refractivity contribution in [2.24, 2.45) is 29.1 Å². The van der Waals surface area contributed by atoms with E-state index in [9.17, 15) is 9.90 Å². The second kappa shape index (κ2) is 4.45. The highest BCUT2D eigenvalue weighted by Gasteiger charge is 2.55. The molecule has 1 aliphatic carbocycles. The fourth-order valence-corrected chi connectivity index (χ4v) is 4.61. The minimum absolute atomic E-state index is 0.0344. The van der Waals surface area contributed by atoms with Crippen molar-refractivity contribution in [1.29, 1.82) is 0 Å². The predicted molar refractivity (Wildman–Crippen MR) is 69.1 cm³/mol. The summed E-state index contributed by atoms with van der Waals surface area (Å²) < 4.78 is 11.0. The van der Waals surface area contributed by atoms with Gasteiger partial charge in [0.2, 0.25) is 0 Å². The number of ether oxygens (including phenoxy) is 2. The monoisotopic (exact) mass is 268 g/mol. The molecule has 0 amide bonds. The van der Waals surface area contributed by atoms with E-state index in [1.165, 1.54) is 0 Å². The highest BCUT2D eigenvalue weighted by molar-refractivity contribution is 5.74. The molecule has 7 unspecified atom stereocenters. The molecule has 2 saturated heterocycles. The lowest BCUT2D eigenvalue weighted by atomic mass is 9.65. The van der Waals surface area contributed by atoms with Gasteiger partial charge in [-0.25, -0.2) is 0 Å². The van der Waals surface area contributed by atoms with Crippen LogP contribution in [-0.2, 0) is 14.3 Å². The van der Waals surface area contributed by atoms with Crippen molar-refractivity contribution in [3.05, 3.63) is 0 Å². The van der Waals surface area contributed by atoms with Crippen LogP contribution < -0.4 is 0 Å². The second-order valence-corrected chi connectivity index (χ2v) is 6.97. The average Bonchev–Trinajstić information content (AvgIpc) is 2.54. The molecule has 0 aromatic heterocycles. The SMILES string of the molecule is CC1CC2OC(=O)C(C)C2CC2(C)C(O)OCCC12. The van der Waals surface area contributed by atoms with E-state index in [0.29, 0.717) is 18.4 Å². The summed E-state index contributed by atoms with van der Waals surface area (Å²) in [6.07, 6.45) is 2.06. The van der Waals surface area contributed by atoms with E-state index in [1.54, 1.807) is 0 Å². The van der Waals surface area contributed by atoms with Crippen molar-refractivity contribution in [1.82, 2.24) is 0 Å². The molecule has 0 bridgehead atoms. The van der Waals surface area contributed by atoms with E-state index < -0.39 is 6.29 Å². The number of aliphatic hydroxyl groups excluding tert-OH is 1. The molecule has 1 saturated carbocycles. The summed E-state index contributed by atoms with van der Waals surface area (Å²) in [4.78, 5) is 11.8. The maximum Gasteiger partial charge on any atom is 0.309 e. The number of esters is 1. The highest BCUT2D eigenvalue weighted by atomic mass is 16.6. The van der Waals surface area contributed by atoms with Gasteiger partial charge in [-0.2, -0.15) is 0 Å². The maximum atomic E-state index is 11.8. The molecule has 0 aromatic rings. The van der Waals surface area contributed by atoms with Crippen molar-refractivity contribution >= 4 is 5.97 Å².